The lowest BCUT2D eigenvalue weighted by molar-refractivity contribution is -0.115. The number of nitrogens with one attached hydrogen (secondary N) is 2. The molecule has 0 aliphatic heterocycles. The van der Waals surface area contributed by atoms with Crippen molar-refractivity contribution in [1.29, 1.82) is 0 Å². The van der Waals surface area contributed by atoms with Gasteiger partial charge < -0.3 is 10.6 Å². The number of rotatable bonds is 5. The molecule has 3 aromatic rings. The summed E-state index contributed by atoms with van der Waals surface area (Å²) in [6.07, 6.45) is 0. The maximum atomic E-state index is 12.2. The molecule has 0 aliphatic rings. The Kier molecular flexibility index (Phi) is 5.25. The van der Waals surface area contributed by atoms with Crippen LogP contribution in [0.3, 0.4) is 0 Å². The number of hydrogen-bond donors (Lipinski definition) is 2. The van der Waals surface area contributed by atoms with Gasteiger partial charge in [-0.15, -0.1) is 22.7 Å². The molecule has 2 amide bonds. The zero-order valence-corrected chi connectivity index (χ0v) is 15.5. The third-order valence-corrected chi connectivity index (χ3v) is 5.07. The molecule has 2 N–H and O–H groups in total. The number of carbonyl (C=O) groups is 2. The summed E-state index contributed by atoms with van der Waals surface area (Å²) < 4.78 is 0. The van der Waals surface area contributed by atoms with Crippen LogP contribution in [0.1, 0.15) is 21.5 Å². The summed E-state index contributed by atoms with van der Waals surface area (Å²) in [7, 11) is 0. The second kappa shape index (κ2) is 7.58. The fourth-order valence-corrected chi connectivity index (χ4v) is 3.89. The van der Waals surface area contributed by atoms with Crippen LogP contribution in [0.15, 0.2) is 41.1 Å². The van der Waals surface area contributed by atoms with Gasteiger partial charge in [0.2, 0.25) is 5.91 Å². The highest BCUT2D eigenvalue weighted by Crippen LogP contribution is 2.28. The number of amides is 2. The summed E-state index contributed by atoms with van der Waals surface area (Å²) in [5.74, 6) is -0.565. The van der Waals surface area contributed by atoms with E-state index in [0.29, 0.717) is 10.7 Å². The highest BCUT2D eigenvalue weighted by molar-refractivity contribution is 7.16. The van der Waals surface area contributed by atoms with E-state index in [4.69, 9.17) is 0 Å². The Morgan fingerprint density at radius 3 is 2.56 bits per heavy atom. The molecule has 5 nitrogen and oxygen atoms in total. The molecule has 25 heavy (non-hydrogen) atoms. The Labute approximate surface area is 153 Å². The van der Waals surface area contributed by atoms with E-state index < -0.39 is 0 Å². The van der Waals surface area contributed by atoms with Crippen LogP contribution in [0.5, 0.6) is 0 Å². The van der Waals surface area contributed by atoms with Crippen LogP contribution in [0.2, 0.25) is 0 Å². The average molecular weight is 371 g/mol. The normalized spacial score (nSPS) is 10.5. The second-order valence-electron chi connectivity index (χ2n) is 5.62. The SMILES string of the molecule is Cc1cc(C)cc(C(=O)NCC(=O)Nc2nc(-c3cccs3)cs2)c1. The largest absolute Gasteiger partial charge is 0.343 e. The van der Waals surface area contributed by atoms with Gasteiger partial charge in [-0.1, -0.05) is 23.3 Å². The Morgan fingerprint density at radius 1 is 1.12 bits per heavy atom. The van der Waals surface area contributed by atoms with Gasteiger partial charge in [-0.3, -0.25) is 9.59 Å². The van der Waals surface area contributed by atoms with Crippen molar-refractivity contribution in [3.63, 3.8) is 0 Å². The minimum atomic E-state index is -0.301. The number of aromatic nitrogens is 1. The number of hydrogen-bond acceptors (Lipinski definition) is 5. The van der Waals surface area contributed by atoms with Crippen molar-refractivity contribution in [2.75, 3.05) is 11.9 Å². The molecule has 2 heterocycles. The zero-order chi connectivity index (χ0) is 17.8. The molecule has 3 rings (SSSR count). The predicted octanol–water partition coefficient (Wildman–Crippen LogP) is 3.86. The van der Waals surface area contributed by atoms with Crippen molar-refractivity contribution < 1.29 is 9.59 Å². The Balaban J connectivity index is 1.55. The first-order valence-electron chi connectivity index (χ1n) is 7.67. The Bertz CT molecular complexity index is 881. The van der Waals surface area contributed by atoms with Crippen LogP contribution in [-0.2, 0) is 4.79 Å². The molecule has 0 saturated heterocycles. The summed E-state index contributed by atoms with van der Waals surface area (Å²) in [6, 6.07) is 9.54. The van der Waals surface area contributed by atoms with Gasteiger partial charge in [0.1, 0.15) is 0 Å². The molecular weight excluding hydrogens is 354 g/mol. The number of anilines is 1. The number of carbonyl (C=O) groups excluding carboxylic acids is 2. The highest BCUT2D eigenvalue weighted by atomic mass is 32.1. The first-order valence-corrected chi connectivity index (χ1v) is 9.43. The molecule has 0 spiro atoms. The van der Waals surface area contributed by atoms with Crippen LogP contribution >= 0.6 is 22.7 Å². The fraction of sp³-hybridized carbons (Fsp3) is 0.167. The maximum absolute atomic E-state index is 12.2. The summed E-state index contributed by atoms with van der Waals surface area (Å²) in [5.41, 5.74) is 3.42. The first-order chi connectivity index (χ1) is 12.0. The van der Waals surface area contributed by atoms with Crippen molar-refractivity contribution in [1.82, 2.24) is 10.3 Å². The van der Waals surface area contributed by atoms with Crippen molar-refractivity contribution in [2.24, 2.45) is 0 Å². The van der Waals surface area contributed by atoms with Crippen molar-refractivity contribution in [3.8, 4) is 10.6 Å². The third-order valence-electron chi connectivity index (χ3n) is 3.42. The van der Waals surface area contributed by atoms with E-state index in [1.807, 2.05) is 42.8 Å². The zero-order valence-electron chi connectivity index (χ0n) is 13.8. The lowest BCUT2D eigenvalue weighted by Crippen LogP contribution is -2.32. The standard InChI is InChI=1S/C18H17N3O2S2/c1-11-6-12(2)8-13(7-11)17(23)19-9-16(22)21-18-20-14(10-25-18)15-4-3-5-24-15/h3-8,10H,9H2,1-2H3,(H,19,23)(H,20,21,22). The molecule has 1 aromatic carbocycles. The van der Waals surface area contributed by atoms with Crippen LogP contribution in [0.25, 0.3) is 10.6 Å². The predicted molar refractivity (Wildman–Crippen MR) is 102 cm³/mol. The van der Waals surface area contributed by atoms with Gasteiger partial charge in [-0.05, 0) is 37.4 Å². The number of nitrogens with zero attached hydrogens (tertiary/aromatic N) is 1. The lowest BCUT2D eigenvalue weighted by Gasteiger charge is -2.07. The van der Waals surface area contributed by atoms with E-state index in [1.165, 1.54) is 11.3 Å². The molecule has 128 valence electrons. The molecule has 0 atom stereocenters. The molecule has 0 aliphatic carbocycles. The first kappa shape index (κ1) is 17.3. The molecule has 0 unspecified atom stereocenters. The number of thiazole rings is 1. The summed E-state index contributed by atoms with van der Waals surface area (Å²) in [4.78, 5) is 29.6. The van der Waals surface area contributed by atoms with Gasteiger partial charge in [0.25, 0.3) is 5.91 Å². The Morgan fingerprint density at radius 2 is 1.88 bits per heavy atom. The number of aryl methyl sites for hydroxylation is 2. The van der Waals surface area contributed by atoms with E-state index in [0.717, 1.165) is 21.7 Å². The van der Waals surface area contributed by atoms with E-state index in [-0.39, 0.29) is 18.4 Å². The van der Waals surface area contributed by atoms with Crippen LogP contribution in [-0.4, -0.2) is 23.3 Å². The Hall–Kier alpha value is -2.51. The molecule has 0 fully saturated rings. The van der Waals surface area contributed by atoms with E-state index >= 15 is 0 Å². The number of benzene rings is 1. The minimum absolute atomic E-state index is 0.0975. The van der Waals surface area contributed by atoms with E-state index in [2.05, 4.69) is 15.6 Å². The maximum Gasteiger partial charge on any atom is 0.251 e. The van der Waals surface area contributed by atoms with Crippen molar-refractivity contribution >= 4 is 39.6 Å². The van der Waals surface area contributed by atoms with Crippen LogP contribution in [0.4, 0.5) is 5.13 Å². The molecule has 7 heteroatoms. The summed E-state index contributed by atoms with van der Waals surface area (Å²) in [6.45, 7) is 3.77. The van der Waals surface area contributed by atoms with E-state index in [1.54, 1.807) is 23.5 Å². The topological polar surface area (TPSA) is 71.1 Å². The van der Waals surface area contributed by atoms with E-state index in [9.17, 15) is 9.59 Å². The van der Waals surface area contributed by atoms with Gasteiger partial charge in [0, 0.05) is 10.9 Å². The van der Waals surface area contributed by atoms with Gasteiger partial charge >= 0.3 is 0 Å². The van der Waals surface area contributed by atoms with Gasteiger partial charge in [-0.2, -0.15) is 0 Å². The smallest absolute Gasteiger partial charge is 0.251 e. The number of thiophene rings is 1. The van der Waals surface area contributed by atoms with Gasteiger partial charge in [0.05, 0.1) is 17.1 Å². The van der Waals surface area contributed by atoms with Crippen LogP contribution in [0, 0.1) is 13.8 Å². The minimum Gasteiger partial charge on any atom is -0.343 e. The average Bonchev–Trinajstić information content (AvgIpc) is 3.22. The highest BCUT2D eigenvalue weighted by Gasteiger charge is 2.11. The molecule has 0 bridgehead atoms. The third kappa shape index (κ3) is 4.52. The molecule has 0 saturated carbocycles. The van der Waals surface area contributed by atoms with Crippen LogP contribution < -0.4 is 10.6 Å². The molecule has 0 radical (unpaired) electrons. The lowest BCUT2D eigenvalue weighted by atomic mass is 10.1. The van der Waals surface area contributed by atoms with Crippen molar-refractivity contribution in [2.45, 2.75) is 13.8 Å². The van der Waals surface area contributed by atoms with Crippen molar-refractivity contribution in [3.05, 3.63) is 57.8 Å². The second-order valence-corrected chi connectivity index (χ2v) is 7.43. The quantitative estimate of drug-likeness (QED) is 0.715. The van der Waals surface area contributed by atoms with Gasteiger partial charge in [0.15, 0.2) is 5.13 Å². The molecular formula is C18H17N3O2S2. The molecule has 2 aromatic heterocycles. The summed E-state index contributed by atoms with van der Waals surface area (Å²) in [5, 5.41) is 9.75. The monoisotopic (exact) mass is 371 g/mol. The summed E-state index contributed by atoms with van der Waals surface area (Å²) >= 11 is 2.96. The van der Waals surface area contributed by atoms with Gasteiger partial charge in [-0.25, -0.2) is 4.98 Å². The fourth-order valence-electron chi connectivity index (χ4n) is 2.40.